The highest BCUT2D eigenvalue weighted by Gasteiger charge is 1.98. The lowest BCUT2D eigenvalue weighted by molar-refractivity contribution is 0.481. The van der Waals surface area contributed by atoms with Crippen molar-refractivity contribution in [3.8, 4) is 5.69 Å². The Morgan fingerprint density at radius 1 is 1.19 bits per heavy atom. The fourth-order valence-electron chi connectivity index (χ4n) is 1.27. The molecule has 2 aromatic rings. The van der Waals surface area contributed by atoms with E-state index in [0.717, 1.165) is 11.4 Å². The van der Waals surface area contributed by atoms with Crippen LogP contribution >= 0.6 is 0 Å². The molecular formula is C12H13N3O. The van der Waals surface area contributed by atoms with E-state index in [2.05, 4.69) is 10.2 Å². The molecule has 0 radical (unpaired) electrons. The van der Waals surface area contributed by atoms with Gasteiger partial charge in [0, 0.05) is 11.9 Å². The lowest BCUT2D eigenvalue weighted by Crippen LogP contribution is -2.12. The van der Waals surface area contributed by atoms with E-state index in [0.29, 0.717) is 5.68 Å². The molecule has 0 aliphatic rings. The van der Waals surface area contributed by atoms with Gasteiger partial charge in [-0.1, -0.05) is 23.3 Å². The minimum atomic E-state index is 0.465. The molecule has 0 bridgehead atoms. The summed E-state index contributed by atoms with van der Waals surface area (Å²) in [5, 5.41) is 8.01. The van der Waals surface area contributed by atoms with E-state index < -0.39 is 0 Å². The molecule has 0 atom stereocenters. The summed E-state index contributed by atoms with van der Waals surface area (Å²) >= 11 is 0. The third-order valence-corrected chi connectivity index (χ3v) is 1.96. The number of para-hydroxylation sites is 1. The summed E-state index contributed by atoms with van der Waals surface area (Å²) in [6.07, 6.45) is 3.40. The summed E-state index contributed by atoms with van der Waals surface area (Å²) in [5.74, 6) is 0. The van der Waals surface area contributed by atoms with Gasteiger partial charge in [-0.05, 0) is 26.0 Å². The fraction of sp³-hybridized carbons (Fsp3) is 0.167. The molecule has 0 unspecified atom stereocenters. The van der Waals surface area contributed by atoms with E-state index in [1.807, 2.05) is 54.9 Å². The van der Waals surface area contributed by atoms with E-state index in [1.165, 1.54) is 0 Å². The highest BCUT2D eigenvalue weighted by atomic mass is 16.3. The van der Waals surface area contributed by atoms with Crippen molar-refractivity contribution < 1.29 is 4.42 Å². The molecule has 16 heavy (non-hydrogen) atoms. The molecule has 0 amide bonds. The largest absolute Gasteiger partial charge is 0.431 e. The highest BCUT2D eigenvalue weighted by molar-refractivity contribution is 5.78. The first-order chi connectivity index (χ1) is 7.77. The van der Waals surface area contributed by atoms with E-state index in [-0.39, 0.29) is 0 Å². The van der Waals surface area contributed by atoms with Crippen LogP contribution in [0.3, 0.4) is 0 Å². The molecule has 0 saturated carbocycles. The van der Waals surface area contributed by atoms with Gasteiger partial charge in [0.15, 0.2) is 0 Å². The number of rotatable bonds is 2. The average molecular weight is 215 g/mol. The molecule has 1 aromatic heterocycles. The van der Waals surface area contributed by atoms with Gasteiger partial charge in [0.1, 0.15) is 6.26 Å². The molecule has 4 nitrogen and oxygen atoms in total. The third-order valence-electron chi connectivity index (χ3n) is 1.96. The van der Waals surface area contributed by atoms with Gasteiger partial charge >= 0.3 is 5.68 Å². The van der Waals surface area contributed by atoms with E-state index in [1.54, 1.807) is 6.26 Å². The number of hydrogen-bond acceptors (Lipinski definition) is 3. The first kappa shape index (κ1) is 10.4. The Bertz CT molecular complexity index is 545. The van der Waals surface area contributed by atoms with E-state index >= 15 is 0 Å². The summed E-state index contributed by atoms with van der Waals surface area (Å²) in [6, 6.07) is 9.87. The SMILES string of the molecule is CC(C)=NN=c1occn1-c1ccccc1. The van der Waals surface area contributed by atoms with Gasteiger partial charge < -0.3 is 4.42 Å². The summed E-state index contributed by atoms with van der Waals surface area (Å²) in [7, 11) is 0. The Morgan fingerprint density at radius 2 is 1.94 bits per heavy atom. The van der Waals surface area contributed by atoms with Crippen LogP contribution in [-0.4, -0.2) is 10.3 Å². The van der Waals surface area contributed by atoms with Crippen LogP contribution in [0.15, 0.2) is 57.4 Å². The van der Waals surface area contributed by atoms with Gasteiger partial charge in [-0.25, -0.2) is 0 Å². The lowest BCUT2D eigenvalue weighted by atomic mass is 10.3. The molecule has 0 spiro atoms. The van der Waals surface area contributed by atoms with Crippen LogP contribution in [0.5, 0.6) is 0 Å². The van der Waals surface area contributed by atoms with Crippen molar-refractivity contribution in [1.82, 2.24) is 4.57 Å². The minimum Gasteiger partial charge on any atom is -0.431 e. The van der Waals surface area contributed by atoms with Crippen molar-refractivity contribution in [2.75, 3.05) is 0 Å². The van der Waals surface area contributed by atoms with Gasteiger partial charge in [-0.15, -0.1) is 0 Å². The first-order valence-electron chi connectivity index (χ1n) is 5.04. The topological polar surface area (TPSA) is 42.8 Å². The van der Waals surface area contributed by atoms with Gasteiger partial charge in [-0.2, -0.15) is 5.10 Å². The van der Waals surface area contributed by atoms with Crippen molar-refractivity contribution in [2.45, 2.75) is 13.8 Å². The molecule has 2 rings (SSSR count). The van der Waals surface area contributed by atoms with Crippen LogP contribution in [0.2, 0.25) is 0 Å². The van der Waals surface area contributed by atoms with Gasteiger partial charge in [-0.3, -0.25) is 4.57 Å². The lowest BCUT2D eigenvalue weighted by Gasteiger charge is -1.98. The van der Waals surface area contributed by atoms with Crippen molar-refractivity contribution in [3.63, 3.8) is 0 Å². The second kappa shape index (κ2) is 4.61. The van der Waals surface area contributed by atoms with Gasteiger partial charge in [0.25, 0.3) is 0 Å². The van der Waals surface area contributed by atoms with Crippen LogP contribution in [0, 0.1) is 0 Å². The maximum absolute atomic E-state index is 5.26. The van der Waals surface area contributed by atoms with Crippen molar-refractivity contribution in [1.29, 1.82) is 0 Å². The maximum Gasteiger partial charge on any atom is 0.325 e. The number of oxazole rings is 1. The normalized spacial score (nSPS) is 11.5. The van der Waals surface area contributed by atoms with Crippen LogP contribution in [0.1, 0.15) is 13.8 Å². The zero-order valence-electron chi connectivity index (χ0n) is 9.29. The predicted octanol–water partition coefficient (Wildman–Crippen LogP) is 2.37. The molecule has 4 heteroatoms. The Morgan fingerprint density at radius 3 is 2.62 bits per heavy atom. The second-order valence-electron chi connectivity index (χ2n) is 3.54. The standard InChI is InChI=1S/C12H13N3O/c1-10(2)13-14-12-15(8-9-16-12)11-6-4-3-5-7-11/h3-9H,1-2H3. The molecule has 1 aromatic carbocycles. The Labute approximate surface area is 93.6 Å². The van der Waals surface area contributed by atoms with Crippen molar-refractivity contribution in [2.24, 2.45) is 10.2 Å². The zero-order chi connectivity index (χ0) is 11.4. The summed E-state index contributed by atoms with van der Waals surface area (Å²) in [4.78, 5) is 0. The van der Waals surface area contributed by atoms with Crippen LogP contribution in [-0.2, 0) is 0 Å². The first-order valence-corrected chi connectivity index (χ1v) is 5.04. The van der Waals surface area contributed by atoms with Crippen molar-refractivity contribution >= 4 is 5.71 Å². The molecule has 0 fully saturated rings. The zero-order valence-corrected chi connectivity index (χ0v) is 9.29. The maximum atomic E-state index is 5.26. The molecule has 0 saturated heterocycles. The molecule has 1 heterocycles. The minimum absolute atomic E-state index is 0.465. The summed E-state index contributed by atoms with van der Waals surface area (Å²) in [5.41, 5.74) is 2.35. The third kappa shape index (κ3) is 2.28. The number of aromatic nitrogens is 1. The van der Waals surface area contributed by atoms with Crippen LogP contribution in [0.25, 0.3) is 5.69 Å². The molecule has 0 aliphatic carbocycles. The summed E-state index contributed by atoms with van der Waals surface area (Å²) in [6.45, 7) is 3.78. The number of benzene rings is 1. The quantitative estimate of drug-likeness (QED) is 0.560. The smallest absolute Gasteiger partial charge is 0.325 e. The fourth-order valence-corrected chi connectivity index (χ4v) is 1.27. The second-order valence-corrected chi connectivity index (χ2v) is 3.54. The Balaban J connectivity index is 2.49. The highest BCUT2D eigenvalue weighted by Crippen LogP contribution is 2.03. The van der Waals surface area contributed by atoms with Crippen LogP contribution < -0.4 is 5.68 Å². The Hall–Kier alpha value is -2.10. The van der Waals surface area contributed by atoms with Gasteiger partial charge in [0.2, 0.25) is 0 Å². The number of nitrogens with zero attached hydrogens (tertiary/aromatic N) is 3. The monoisotopic (exact) mass is 215 g/mol. The van der Waals surface area contributed by atoms with E-state index in [9.17, 15) is 0 Å². The molecular weight excluding hydrogens is 202 g/mol. The molecule has 0 N–H and O–H groups in total. The average Bonchev–Trinajstić information content (AvgIpc) is 2.75. The molecule has 0 aliphatic heterocycles. The Kier molecular flexibility index (Phi) is 3.00. The van der Waals surface area contributed by atoms with E-state index in [4.69, 9.17) is 4.42 Å². The van der Waals surface area contributed by atoms with Gasteiger partial charge in [0.05, 0.1) is 5.69 Å². The molecule has 82 valence electrons. The number of hydrogen-bond donors (Lipinski definition) is 0. The van der Waals surface area contributed by atoms with Crippen molar-refractivity contribution in [3.05, 3.63) is 48.5 Å². The summed E-state index contributed by atoms with van der Waals surface area (Å²) < 4.78 is 7.10. The predicted molar refractivity (Wildman–Crippen MR) is 62.4 cm³/mol. The van der Waals surface area contributed by atoms with Crippen LogP contribution in [0.4, 0.5) is 0 Å².